The van der Waals surface area contributed by atoms with Gasteiger partial charge in [-0.3, -0.25) is 0 Å². The van der Waals surface area contributed by atoms with Crippen LogP contribution in [-0.4, -0.2) is 0 Å². The van der Waals surface area contributed by atoms with Crippen LogP contribution in [-0.2, 0) is 16.2 Å². The van der Waals surface area contributed by atoms with Crippen molar-refractivity contribution >= 4 is 55.7 Å². The molecule has 11 rings (SSSR count). The molecule has 0 radical (unpaired) electrons. The molecule has 2 nitrogen and oxygen atoms in total. The third-order valence-corrected chi connectivity index (χ3v) is 17.5. The first kappa shape index (κ1) is 52.6. The molecule has 11 aromatic rings. The van der Waals surface area contributed by atoms with Gasteiger partial charge in [-0.05, 0) is 118 Å². The number of anilines is 6. The lowest BCUT2D eigenvalue weighted by Gasteiger charge is -2.34. The van der Waals surface area contributed by atoms with Crippen LogP contribution in [0.15, 0.2) is 267 Å². The van der Waals surface area contributed by atoms with Crippen LogP contribution in [0.5, 0.6) is 0 Å². The normalized spacial score (nSPS) is 12.8. The summed E-state index contributed by atoms with van der Waals surface area (Å²) >= 11 is 0. The minimum absolute atomic E-state index is 0.186. The van der Waals surface area contributed by atoms with Crippen LogP contribution in [0.2, 0.25) is 0 Å². The van der Waals surface area contributed by atoms with E-state index < -0.39 is 0 Å². The second-order valence-electron chi connectivity index (χ2n) is 23.3. The van der Waals surface area contributed by atoms with Crippen LogP contribution in [0.4, 0.5) is 34.1 Å². The Hall–Kier alpha value is -8.46. The van der Waals surface area contributed by atoms with Gasteiger partial charge in [0.15, 0.2) is 0 Å². The summed E-state index contributed by atoms with van der Waals surface area (Å²) in [4.78, 5) is 5.03. The molecular formula is C77H74N2. The summed E-state index contributed by atoms with van der Waals surface area (Å²) in [6.07, 6.45) is 2.21. The number of nitrogens with zero attached hydrogens (tertiary/aromatic N) is 2. The van der Waals surface area contributed by atoms with Crippen molar-refractivity contribution in [2.24, 2.45) is 0 Å². The molecule has 0 spiro atoms. The standard InChI is InChI=1S/C77H74N2/c1-9-56(58-26-14-10-15-27-58)54-55(2)57-38-46-65(47-39-57)78(66-48-40-62(41-49-66)75(3,4)59-28-16-11-17-29-59)73-69-34-22-24-36-71(69)74(72-37-25-23-35-70(72)73)79(67-50-42-63(43-51-67)76(5,6)60-30-18-12-19-31-60)68-52-44-64(45-53-68)77(7,8)61-32-20-13-21-33-61/h10-53,55-56H,9,54H2,1-8H3. The molecule has 0 heterocycles. The van der Waals surface area contributed by atoms with E-state index in [-0.39, 0.29) is 16.2 Å². The molecule has 0 aliphatic rings. The van der Waals surface area contributed by atoms with Gasteiger partial charge < -0.3 is 9.80 Å². The molecule has 2 heteroatoms. The Labute approximate surface area is 470 Å². The summed E-state index contributed by atoms with van der Waals surface area (Å²) in [5.41, 5.74) is 16.6. The molecule has 0 saturated carbocycles. The van der Waals surface area contributed by atoms with Crippen molar-refractivity contribution in [3.8, 4) is 0 Å². The van der Waals surface area contributed by atoms with Gasteiger partial charge >= 0.3 is 0 Å². The van der Waals surface area contributed by atoms with Gasteiger partial charge in [0.2, 0.25) is 0 Å². The molecule has 0 aliphatic carbocycles. The van der Waals surface area contributed by atoms with E-state index >= 15 is 0 Å². The number of hydrogen-bond acceptors (Lipinski definition) is 2. The van der Waals surface area contributed by atoms with Gasteiger partial charge in [0.1, 0.15) is 0 Å². The Morgan fingerprint density at radius 2 is 0.544 bits per heavy atom. The largest absolute Gasteiger partial charge is 0.309 e. The Morgan fingerprint density at radius 1 is 0.291 bits per heavy atom. The van der Waals surface area contributed by atoms with Crippen molar-refractivity contribution in [3.05, 3.63) is 311 Å². The fourth-order valence-corrected chi connectivity index (χ4v) is 12.3. The fourth-order valence-electron chi connectivity index (χ4n) is 12.3. The maximum absolute atomic E-state index is 2.52. The van der Waals surface area contributed by atoms with E-state index in [4.69, 9.17) is 0 Å². The zero-order valence-electron chi connectivity index (χ0n) is 47.4. The van der Waals surface area contributed by atoms with Gasteiger partial charge in [-0.2, -0.15) is 0 Å². The second-order valence-corrected chi connectivity index (χ2v) is 23.3. The van der Waals surface area contributed by atoms with Crippen LogP contribution < -0.4 is 9.80 Å². The molecule has 392 valence electrons. The van der Waals surface area contributed by atoms with Crippen molar-refractivity contribution in [2.75, 3.05) is 9.80 Å². The number of rotatable bonds is 17. The molecule has 0 aromatic heterocycles. The van der Waals surface area contributed by atoms with E-state index in [0.717, 1.165) is 47.0 Å². The Morgan fingerprint density at radius 3 is 0.835 bits per heavy atom. The van der Waals surface area contributed by atoms with Crippen molar-refractivity contribution in [1.29, 1.82) is 0 Å². The third-order valence-electron chi connectivity index (χ3n) is 17.5. The smallest absolute Gasteiger partial charge is 0.0619 e. The summed E-state index contributed by atoms with van der Waals surface area (Å²) in [6, 6.07) is 99.3. The molecule has 2 atom stereocenters. The number of hydrogen-bond donors (Lipinski definition) is 0. The highest BCUT2D eigenvalue weighted by molar-refractivity contribution is 6.23. The molecule has 0 N–H and O–H groups in total. The molecule has 0 bridgehead atoms. The summed E-state index contributed by atoms with van der Waals surface area (Å²) in [5, 5.41) is 4.68. The first-order valence-corrected chi connectivity index (χ1v) is 28.5. The van der Waals surface area contributed by atoms with Gasteiger partial charge in [-0.25, -0.2) is 0 Å². The quantitative estimate of drug-likeness (QED) is 0.0662. The van der Waals surface area contributed by atoms with Crippen molar-refractivity contribution < 1.29 is 0 Å². The van der Waals surface area contributed by atoms with Gasteiger partial charge in [0, 0.05) is 60.5 Å². The van der Waals surface area contributed by atoms with Gasteiger partial charge in [0.25, 0.3) is 0 Å². The predicted molar refractivity (Wildman–Crippen MR) is 339 cm³/mol. The van der Waals surface area contributed by atoms with Crippen LogP contribution in [0.25, 0.3) is 21.5 Å². The molecule has 79 heavy (non-hydrogen) atoms. The molecule has 0 amide bonds. The van der Waals surface area contributed by atoms with Gasteiger partial charge in [-0.1, -0.05) is 274 Å². The highest BCUT2D eigenvalue weighted by Crippen LogP contribution is 2.52. The lowest BCUT2D eigenvalue weighted by molar-refractivity contribution is 0.544. The fraction of sp³-hybridized carbons (Fsp3) is 0.195. The average molecular weight is 1030 g/mol. The topological polar surface area (TPSA) is 6.48 Å². The van der Waals surface area contributed by atoms with Gasteiger partial charge in [0.05, 0.1) is 11.4 Å². The zero-order chi connectivity index (χ0) is 54.7. The van der Waals surface area contributed by atoms with E-state index in [0.29, 0.717) is 11.8 Å². The summed E-state index contributed by atoms with van der Waals surface area (Å²) in [7, 11) is 0. The highest BCUT2D eigenvalue weighted by atomic mass is 15.2. The lowest BCUT2D eigenvalue weighted by Crippen LogP contribution is -2.20. The van der Waals surface area contributed by atoms with Crippen LogP contribution in [0.3, 0.4) is 0 Å². The number of benzene rings is 11. The van der Waals surface area contributed by atoms with Crippen LogP contribution >= 0.6 is 0 Å². The molecule has 2 unspecified atom stereocenters. The first-order valence-electron chi connectivity index (χ1n) is 28.5. The maximum atomic E-state index is 2.52. The minimum Gasteiger partial charge on any atom is -0.309 e. The maximum Gasteiger partial charge on any atom is 0.0619 e. The lowest BCUT2D eigenvalue weighted by atomic mass is 9.78. The average Bonchev–Trinajstić information content (AvgIpc) is 3.68. The van der Waals surface area contributed by atoms with E-state index in [1.54, 1.807) is 0 Å². The van der Waals surface area contributed by atoms with Crippen molar-refractivity contribution in [3.63, 3.8) is 0 Å². The molecule has 11 aromatic carbocycles. The molecule has 0 saturated heterocycles. The van der Waals surface area contributed by atoms with Crippen LogP contribution in [0.1, 0.15) is 125 Å². The molecular weight excluding hydrogens is 953 g/mol. The summed E-state index contributed by atoms with van der Waals surface area (Å²) in [5.74, 6) is 0.885. The van der Waals surface area contributed by atoms with E-state index in [2.05, 4.69) is 332 Å². The van der Waals surface area contributed by atoms with E-state index in [9.17, 15) is 0 Å². The van der Waals surface area contributed by atoms with Crippen LogP contribution in [0, 0.1) is 0 Å². The Kier molecular flexibility index (Phi) is 14.7. The van der Waals surface area contributed by atoms with E-state index in [1.807, 2.05) is 0 Å². The molecule has 0 aliphatic heterocycles. The first-order chi connectivity index (χ1) is 38.3. The van der Waals surface area contributed by atoms with E-state index in [1.165, 1.54) is 66.1 Å². The highest BCUT2D eigenvalue weighted by Gasteiger charge is 2.30. The molecule has 0 fully saturated rings. The second kappa shape index (κ2) is 22.1. The number of fused-ring (bicyclic) bond motifs is 2. The van der Waals surface area contributed by atoms with Crippen molar-refractivity contribution in [2.45, 2.75) is 96.3 Å². The third kappa shape index (κ3) is 10.3. The summed E-state index contributed by atoms with van der Waals surface area (Å²) in [6.45, 7) is 18.7. The Balaban J connectivity index is 1.09. The summed E-state index contributed by atoms with van der Waals surface area (Å²) < 4.78 is 0. The predicted octanol–water partition coefficient (Wildman–Crippen LogP) is 21.6. The minimum atomic E-state index is -0.189. The van der Waals surface area contributed by atoms with Gasteiger partial charge in [-0.15, -0.1) is 0 Å². The SMILES string of the molecule is CCC(CC(C)c1ccc(N(c2ccc(C(C)(C)c3ccccc3)cc2)c2c3ccccc3c(N(c3ccc(C(C)(C)c4ccccc4)cc3)c3ccc(C(C)(C)c4ccccc4)cc3)c3ccccc23)cc1)c1ccccc1. The Bertz CT molecular complexity index is 3640. The monoisotopic (exact) mass is 1030 g/mol. The van der Waals surface area contributed by atoms with Crippen molar-refractivity contribution in [1.82, 2.24) is 0 Å². The zero-order valence-corrected chi connectivity index (χ0v) is 47.4.